The van der Waals surface area contributed by atoms with Crippen LogP contribution in [0.2, 0.25) is 0 Å². The number of amides is 1. The maximum absolute atomic E-state index is 14.1. The first-order valence-corrected chi connectivity index (χ1v) is 8.09. The lowest BCUT2D eigenvalue weighted by Crippen LogP contribution is -2.10. The standard InChI is InChI=1S/C17H9F5N2O2S/c18-9-5-3-6-10(19)12(9)13-16(27-15(24-13)14(23)25)26-11-7-2-1-4-8(11)17(20,21)22/h1-7H,(H2,23,25). The van der Waals surface area contributed by atoms with Gasteiger partial charge in [-0.1, -0.05) is 29.5 Å². The van der Waals surface area contributed by atoms with Crippen LogP contribution in [0.5, 0.6) is 10.8 Å². The van der Waals surface area contributed by atoms with Gasteiger partial charge in [0.2, 0.25) is 5.06 Å². The van der Waals surface area contributed by atoms with Crippen LogP contribution in [0.25, 0.3) is 11.3 Å². The maximum atomic E-state index is 14.1. The van der Waals surface area contributed by atoms with Crippen molar-refractivity contribution in [2.75, 3.05) is 0 Å². The van der Waals surface area contributed by atoms with Crippen LogP contribution in [-0.4, -0.2) is 10.9 Å². The third-order valence-corrected chi connectivity index (χ3v) is 4.35. The zero-order valence-corrected chi connectivity index (χ0v) is 14.0. The molecule has 2 N–H and O–H groups in total. The van der Waals surface area contributed by atoms with Crippen molar-refractivity contribution in [2.45, 2.75) is 6.18 Å². The lowest BCUT2D eigenvalue weighted by molar-refractivity contribution is -0.138. The Morgan fingerprint density at radius 2 is 1.67 bits per heavy atom. The Morgan fingerprint density at radius 1 is 1.04 bits per heavy atom. The van der Waals surface area contributed by atoms with Gasteiger partial charge in [-0.15, -0.1) is 0 Å². The number of thiazole rings is 1. The summed E-state index contributed by atoms with van der Waals surface area (Å²) in [6, 6.07) is 7.26. The molecule has 1 heterocycles. The normalized spacial score (nSPS) is 11.4. The molecule has 0 spiro atoms. The van der Waals surface area contributed by atoms with E-state index < -0.39 is 51.4 Å². The van der Waals surface area contributed by atoms with E-state index in [4.69, 9.17) is 10.5 Å². The number of hydrogen-bond acceptors (Lipinski definition) is 4. The quantitative estimate of drug-likeness (QED) is 0.627. The summed E-state index contributed by atoms with van der Waals surface area (Å²) in [5.41, 5.74) is 2.94. The summed E-state index contributed by atoms with van der Waals surface area (Å²) in [5, 5.41) is -0.767. The highest BCUT2D eigenvalue weighted by molar-refractivity contribution is 7.15. The van der Waals surface area contributed by atoms with E-state index in [9.17, 15) is 26.7 Å². The average Bonchev–Trinajstić information content (AvgIpc) is 2.98. The number of carbonyl (C=O) groups is 1. The molecule has 0 aliphatic carbocycles. The highest BCUT2D eigenvalue weighted by Crippen LogP contribution is 2.43. The van der Waals surface area contributed by atoms with E-state index in [1.807, 2.05) is 0 Å². The summed E-state index contributed by atoms with van der Waals surface area (Å²) in [4.78, 5) is 15.1. The van der Waals surface area contributed by atoms with Gasteiger partial charge in [0.05, 0.1) is 11.1 Å². The number of nitrogens with two attached hydrogens (primary N) is 1. The molecule has 0 bridgehead atoms. The predicted octanol–water partition coefficient (Wildman–Crippen LogP) is 5.00. The number of benzene rings is 2. The number of rotatable bonds is 4. The van der Waals surface area contributed by atoms with Crippen LogP contribution in [0.15, 0.2) is 42.5 Å². The minimum absolute atomic E-state index is 0.368. The number of aromatic nitrogens is 1. The Bertz CT molecular complexity index is 997. The number of ether oxygens (including phenoxy) is 1. The number of halogens is 5. The Hall–Kier alpha value is -3.01. The topological polar surface area (TPSA) is 65.2 Å². The number of para-hydroxylation sites is 1. The molecule has 27 heavy (non-hydrogen) atoms. The fourth-order valence-electron chi connectivity index (χ4n) is 2.25. The van der Waals surface area contributed by atoms with Gasteiger partial charge in [-0.3, -0.25) is 4.79 Å². The highest BCUT2D eigenvalue weighted by Gasteiger charge is 2.35. The van der Waals surface area contributed by atoms with E-state index in [1.54, 1.807) is 0 Å². The van der Waals surface area contributed by atoms with Crippen LogP contribution in [0, 0.1) is 11.6 Å². The van der Waals surface area contributed by atoms with Gasteiger partial charge >= 0.3 is 6.18 Å². The fraction of sp³-hybridized carbons (Fsp3) is 0.0588. The smallest absolute Gasteiger partial charge is 0.419 e. The minimum atomic E-state index is -4.72. The van der Waals surface area contributed by atoms with E-state index in [-0.39, 0.29) is 5.01 Å². The van der Waals surface area contributed by atoms with Crippen molar-refractivity contribution >= 4 is 17.2 Å². The summed E-state index contributed by atoms with van der Waals surface area (Å²) in [6.07, 6.45) is -4.72. The molecule has 0 radical (unpaired) electrons. The molecular formula is C17H9F5N2O2S. The van der Waals surface area contributed by atoms with Crippen molar-refractivity contribution in [3.63, 3.8) is 0 Å². The minimum Gasteiger partial charge on any atom is -0.444 e. The second-order valence-corrected chi connectivity index (χ2v) is 6.17. The summed E-state index contributed by atoms with van der Waals surface area (Å²) in [6.45, 7) is 0. The summed E-state index contributed by atoms with van der Waals surface area (Å²) < 4.78 is 72.9. The van der Waals surface area contributed by atoms with Crippen molar-refractivity contribution in [1.82, 2.24) is 4.98 Å². The fourth-order valence-corrected chi connectivity index (χ4v) is 3.04. The van der Waals surface area contributed by atoms with E-state index in [0.29, 0.717) is 11.3 Å². The Morgan fingerprint density at radius 3 is 2.26 bits per heavy atom. The summed E-state index contributed by atoms with van der Waals surface area (Å²) in [5.74, 6) is -3.67. The van der Waals surface area contributed by atoms with E-state index in [1.165, 1.54) is 6.07 Å². The molecule has 0 atom stereocenters. The van der Waals surface area contributed by atoms with Gasteiger partial charge in [0, 0.05) is 0 Å². The molecule has 2 aromatic carbocycles. The average molecular weight is 400 g/mol. The molecule has 1 amide bonds. The lowest BCUT2D eigenvalue weighted by Gasteiger charge is -2.13. The van der Waals surface area contributed by atoms with Gasteiger partial charge in [-0.2, -0.15) is 13.2 Å². The summed E-state index contributed by atoms with van der Waals surface area (Å²) >= 11 is 0.485. The van der Waals surface area contributed by atoms with Crippen LogP contribution < -0.4 is 10.5 Å². The molecule has 140 valence electrons. The molecule has 0 saturated carbocycles. The first kappa shape index (κ1) is 18.8. The van der Waals surface area contributed by atoms with E-state index >= 15 is 0 Å². The Kier molecular flexibility index (Phi) is 4.83. The molecule has 0 aliphatic heterocycles. The molecule has 1 aromatic heterocycles. The van der Waals surface area contributed by atoms with Crippen molar-refractivity contribution < 1.29 is 31.5 Å². The Labute approximate surface area is 153 Å². The number of primary amides is 1. The highest BCUT2D eigenvalue weighted by atomic mass is 32.1. The third-order valence-electron chi connectivity index (χ3n) is 3.40. The van der Waals surface area contributed by atoms with Crippen molar-refractivity contribution in [3.8, 4) is 22.1 Å². The van der Waals surface area contributed by atoms with Gasteiger partial charge in [0.15, 0.2) is 5.01 Å². The largest absolute Gasteiger partial charge is 0.444 e. The van der Waals surface area contributed by atoms with Crippen molar-refractivity contribution in [1.29, 1.82) is 0 Å². The molecule has 3 rings (SSSR count). The maximum Gasteiger partial charge on any atom is 0.419 e. The second kappa shape index (κ2) is 6.95. The SMILES string of the molecule is NC(=O)c1nc(-c2c(F)cccc2F)c(Oc2ccccc2C(F)(F)F)s1. The van der Waals surface area contributed by atoms with Crippen molar-refractivity contribution in [3.05, 3.63) is 64.7 Å². The van der Waals surface area contributed by atoms with Crippen molar-refractivity contribution in [2.24, 2.45) is 5.73 Å². The number of hydrogen-bond donors (Lipinski definition) is 1. The molecule has 0 saturated heterocycles. The number of alkyl halides is 3. The zero-order valence-electron chi connectivity index (χ0n) is 13.2. The van der Waals surface area contributed by atoms with Gasteiger partial charge in [0.1, 0.15) is 23.1 Å². The molecule has 10 heteroatoms. The molecule has 4 nitrogen and oxygen atoms in total. The molecule has 0 unspecified atom stereocenters. The monoisotopic (exact) mass is 400 g/mol. The van der Waals surface area contributed by atoms with Crippen LogP contribution in [0.4, 0.5) is 22.0 Å². The van der Waals surface area contributed by atoms with E-state index in [0.717, 1.165) is 36.4 Å². The number of carbonyl (C=O) groups excluding carboxylic acids is 1. The Balaban J connectivity index is 2.16. The summed E-state index contributed by atoms with van der Waals surface area (Å²) in [7, 11) is 0. The van der Waals surface area contributed by atoms with Gasteiger partial charge in [-0.05, 0) is 24.3 Å². The molecule has 3 aromatic rings. The first-order valence-electron chi connectivity index (χ1n) is 7.27. The van der Waals surface area contributed by atoms with Gasteiger partial charge < -0.3 is 10.5 Å². The van der Waals surface area contributed by atoms with Crippen LogP contribution >= 0.6 is 11.3 Å². The zero-order chi connectivity index (χ0) is 19.8. The van der Waals surface area contributed by atoms with Gasteiger partial charge in [-0.25, -0.2) is 13.8 Å². The van der Waals surface area contributed by atoms with Crippen LogP contribution in [0.1, 0.15) is 15.4 Å². The predicted molar refractivity (Wildman–Crippen MR) is 87.5 cm³/mol. The first-order chi connectivity index (χ1) is 12.7. The number of nitrogens with zero attached hydrogens (tertiary/aromatic N) is 1. The molecule has 0 fully saturated rings. The van der Waals surface area contributed by atoms with Crippen LogP contribution in [0.3, 0.4) is 0 Å². The molecular weight excluding hydrogens is 391 g/mol. The molecule has 0 aliphatic rings. The third kappa shape index (κ3) is 3.75. The lowest BCUT2D eigenvalue weighted by atomic mass is 10.1. The van der Waals surface area contributed by atoms with E-state index in [2.05, 4.69) is 4.98 Å². The van der Waals surface area contributed by atoms with Gasteiger partial charge in [0.25, 0.3) is 5.91 Å². The van der Waals surface area contributed by atoms with Crippen LogP contribution in [-0.2, 0) is 6.18 Å². The second-order valence-electron chi connectivity index (χ2n) is 5.21.